The minimum absolute atomic E-state index is 0.780. The fourth-order valence-corrected chi connectivity index (χ4v) is 2.11. The van der Waals surface area contributed by atoms with E-state index in [1.165, 1.54) is 16.7 Å². The molecule has 0 N–H and O–H groups in total. The number of hydrogen-bond donors (Lipinski definition) is 0. The third-order valence-corrected chi connectivity index (χ3v) is 2.97. The summed E-state index contributed by atoms with van der Waals surface area (Å²) in [5, 5.41) is 4.50. The van der Waals surface area contributed by atoms with E-state index >= 15 is 0 Å². The van der Waals surface area contributed by atoms with Gasteiger partial charge in [0.15, 0.2) is 11.5 Å². The van der Waals surface area contributed by atoms with Gasteiger partial charge in [0, 0.05) is 12.6 Å². The van der Waals surface area contributed by atoms with Crippen molar-refractivity contribution in [1.29, 1.82) is 0 Å². The van der Waals surface area contributed by atoms with Crippen molar-refractivity contribution < 1.29 is 0 Å². The fourth-order valence-electron chi connectivity index (χ4n) is 2.11. The van der Waals surface area contributed by atoms with E-state index in [-0.39, 0.29) is 0 Å². The molecule has 0 spiro atoms. The lowest BCUT2D eigenvalue weighted by molar-refractivity contribution is 0.895. The Morgan fingerprint density at radius 3 is 2.78 bits per heavy atom. The maximum Gasteiger partial charge on any atom is 0.156 e. The first-order valence-electron chi connectivity index (χ1n) is 6.08. The fraction of sp³-hybridized carbons (Fsp3) is 0.200. The van der Waals surface area contributed by atoms with Crippen molar-refractivity contribution in [3.05, 3.63) is 65.1 Å². The molecule has 0 saturated carbocycles. The van der Waals surface area contributed by atoms with Crippen LogP contribution in [0.2, 0.25) is 0 Å². The van der Waals surface area contributed by atoms with E-state index in [1.807, 2.05) is 16.8 Å². The molecule has 3 aromatic rings. The van der Waals surface area contributed by atoms with Gasteiger partial charge < -0.3 is 0 Å². The monoisotopic (exact) mass is 237 g/mol. The Morgan fingerprint density at radius 2 is 1.94 bits per heavy atom. The van der Waals surface area contributed by atoms with Gasteiger partial charge in [-0.2, -0.15) is 5.10 Å². The van der Waals surface area contributed by atoms with Crippen LogP contribution in [-0.4, -0.2) is 14.6 Å². The first-order valence-corrected chi connectivity index (χ1v) is 6.08. The molecule has 0 saturated heterocycles. The highest BCUT2D eigenvalue weighted by atomic mass is 15.3. The van der Waals surface area contributed by atoms with Crippen LogP contribution in [0.3, 0.4) is 0 Å². The van der Waals surface area contributed by atoms with Gasteiger partial charge in [0.25, 0.3) is 0 Å². The van der Waals surface area contributed by atoms with Gasteiger partial charge >= 0.3 is 0 Å². The zero-order valence-corrected chi connectivity index (χ0v) is 10.6. The second-order valence-corrected chi connectivity index (χ2v) is 4.70. The van der Waals surface area contributed by atoms with Crippen molar-refractivity contribution in [2.45, 2.75) is 20.3 Å². The molecule has 0 radical (unpaired) electrons. The number of aromatic nitrogens is 3. The molecule has 90 valence electrons. The molecule has 0 aliphatic rings. The largest absolute Gasteiger partial charge is 0.221 e. The molecule has 0 aliphatic carbocycles. The van der Waals surface area contributed by atoms with Crippen molar-refractivity contribution in [2.24, 2.45) is 0 Å². The van der Waals surface area contributed by atoms with Crippen LogP contribution >= 0.6 is 0 Å². The molecule has 2 aromatic heterocycles. The average Bonchev–Trinajstić information content (AvgIpc) is 2.70. The van der Waals surface area contributed by atoms with E-state index in [4.69, 9.17) is 0 Å². The molecule has 0 bridgehead atoms. The van der Waals surface area contributed by atoms with E-state index in [2.05, 4.69) is 54.3 Å². The van der Waals surface area contributed by atoms with Crippen LogP contribution in [0.4, 0.5) is 0 Å². The summed E-state index contributed by atoms with van der Waals surface area (Å²) in [6.45, 7) is 4.16. The quantitative estimate of drug-likeness (QED) is 0.686. The number of rotatable bonds is 2. The third kappa shape index (κ3) is 2.12. The van der Waals surface area contributed by atoms with Gasteiger partial charge in [-0.3, -0.25) is 0 Å². The van der Waals surface area contributed by atoms with Gasteiger partial charge in [0.2, 0.25) is 0 Å². The minimum Gasteiger partial charge on any atom is -0.221 e. The van der Waals surface area contributed by atoms with Crippen LogP contribution in [0.1, 0.15) is 22.5 Å². The summed E-state index contributed by atoms with van der Waals surface area (Å²) in [6.07, 6.45) is 2.78. The molecular formula is C15H15N3. The topological polar surface area (TPSA) is 30.2 Å². The standard InChI is InChI=1S/C15H15N3/c1-11-4-3-5-13(8-11)9-14-16-15-7-6-12(2)10-18(15)17-14/h3-8,10H,9H2,1-2H3. The predicted octanol–water partition coefficient (Wildman–Crippen LogP) is 2.94. The molecule has 18 heavy (non-hydrogen) atoms. The highest BCUT2D eigenvalue weighted by Crippen LogP contribution is 2.10. The molecule has 0 atom stereocenters. The van der Waals surface area contributed by atoms with Crippen LogP contribution < -0.4 is 0 Å². The molecular weight excluding hydrogens is 222 g/mol. The molecule has 0 unspecified atom stereocenters. The van der Waals surface area contributed by atoms with Crippen molar-refractivity contribution in [3.8, 4) is 0 Å². The highest BCUT2D eigenvalue weighted by Gasteiger charge is 2.04. The van der Waals surface area contributed by atoms with Gasteiger partial charge in [-0.05, 0) is 31.0 Å². The summed E-state index contributed by atoms with van der Waals surface area (Å²) in [6, 6.07) is 12.5. The lowest BCUT2D eigenvalue weighted by Crippen LogP contribution is -1.92. The van der Waals surface area contributed by atoms with Crippen LogP contribution in [0.5, 0.6) is 0 Å². The second kappa shape index (κ2) is 4.26. The zero-order chi connectivity index (χ0) is 12.5. The van der Waals surface area contributed by atoms with Crippen LogP contribution in [0, 0.1) is 13.8 Å². The van der Waals surface area contributed by atoms with E-state index in [9.17, 15) is 0 Å². The molecule has 0 amide bonds. The molecule has 3 rings (SSSR count). The molecule has 1 aromatic carbocycles. The van der Waals surface area contributed by atoms with Gasteiger partial charge in [-0.1, -0.05) is 35.9 Å². The Morgan fingerprint density at radius 1 is 1.06 bits per heavy atom. The van der Waals surface area contributed by atoms with Crippen LogP contribution in [0.25, 0.3) is 5.65 Å². The van der Waals surface area contributed by atoms with E-state index < -0.39 is 0 Å². The first kappa shape index (κ1) is 11.0. The number of pyridine rings is 1. The summed E-state index contributed by atoms with van der Waals surface area (Å²) < 4.78 is 1.85. The van der Waals surface area contributed by atoms with Crippen LogP contribution in [-0.2, 0) is 6.42 Å². The number of fused-ring (bicyclic) bond motifs is 1. The summed E-state index contributed by atoms with van der Waals surface area (Å²) in [5.74, 6) is 0.867. The summed E-state index contributed by atoms with van der Waals surface area (Å²) >= 11 is 0. The summed E-state index contributed by atoms with van der Waals surface area (Å²) in [5.41, 5.74) is 4.62. The highest BCUT2D eigenvalue weighted by molar-refractivity contribution is 5.39. The molecule has 3 heteroatoms. The van der Waals surface area contributed by atoms with Crippen molar-refractivity contribution in [1.82, 2.24) is 14.6 Å². The number of hydrogen-bond acceptors (Lipinski definition) is 2. The second-order valence-electron chi connectivity index (χ2n) is 4.70. The van der Waals surface area contributed by atoms with Gasteiger partial charge in [-0.15, -0.1) is 0 Å². The summed E-state index contributed by atoms with van der Waals surface area (Å²) in [4.78, 5) is 4.53. The average molecular weight is 237 g/mol. The van der Waals surface area contributed by atoms with Crippen molar-refractivity contribution in [3.63, 3.8) is 0 Å². The van der Waals surface area contributed by atoms with Crippen molar-refractivity contribution in [2.75, 3.05) is 0 Å². The lowest BCUT2D eigenvalue weighted by atomic mass is 10.1. The lowest BCUT2D eigenvalue weighted by Gasteiger charge is -1.98. The van der Waals surface area contributed by atoms with Gasteiger partial charge in [0.05, 0.1) is 0 Å². The predicted molar refractivity (Wildman–Crippen MR) is 71.7 cm³/mol. The first-order chi connectivity index (χ1) is 8.70. The van der Waals surface area contributed by atoms with Crippen LogP contribution in [0.15, 0.2) is 42.6 Å². The molecule has 3 nitrogen and oxygen atoms in total. The molecule has 2 heterocycles. The Bertz CT molecular complexity index is 698. The Balaban J connectivity index is 1.95. The number of aryl methyl sites for hydroxylation is 2. The minimum atomic E-state index is 0.780. The SMILES string of the molecule is Cc1cccc(Cc2nc3ccc(C)cn3n2)c1. The van der Waals surface area contributed by atoms with Gasteiger partial charge in [-0.25, -0.2) is 9.50 Å². The Labute approximate surface area is 106 Å². The molecule has 0 fully saturated rings. The van der Waals surface area contributed by atoms with Gasteiger partial charge in [0.1, 0.15) is 0 Å². The smallest absolute Gasteiger partial charge is 0.156 e. The maximum atomic E-state index is 4.53. The van der Waals surface area contributed by atoms with E-state index in [0.717, 1.165) is 17.9 Å². The van der Waals surface area contributed by atoms with Crippen molar-refractivity contribution >= 4 is 5.65 Å². The van der Waals surface area contributed by atoms with E-state index in [1.54, 1.807) is 0 Å². The zero-order valence-electron chi connectivity index (χ0n) is 10.6. The number of nitrogens with zero attached hydrogens (tertiary/aromatic N) is 3. The number of benzene rings is 1. The summed E-state index contributed by atoms with van der Waals surface area (Å²) in [7, 11) is 0. The maximum absolute atomic E-state index is 4.53. The normalized spacial score (nSPS) is 11.0. The van der Waals surface area contributed by atoms with E-state index in [0.29, 0.717) is 0 Å². The molecule has 0 aliphatic heterocycles. The Kier molecular flexibility index (Phi) is 2.59. The Hall–Kier alpha value is -2.16. The third-order valence-electron chi connectivity index (χ3n) is 2.97.